The van der Waals surface area contributed by atoms with Crippen LogP contribution >= 0.6 is 0 Å². The number of carboxylic acid groups (broad SMARTS) is 1. The topological polar surface area (TPSA) is 121 Å². The Balaban J connectivity index is 2.50. The average molecular weight is 299 g/mol. The largest absolute Gasteiger partial charge is 0.480 e. The maximum Gasteiger partial charge on any atom is 0.325 e. The highest BCUT2D eigenvalue weighted by atomic mass is 16.4. The lowest BCUT2D eigenvalue weighted by molar-refractivity contribution is -0.137. The fourth-order valence-electron chi connectivity index (χ4n) is 1.74. The number of aromatic nitrogens is 3. The molecule has 0 saturated heterocycles. The van der Waals surface area contributed by atoms with Crippen molar-refractivity contribution in [3.05, 3.63) is 11.9 Å². The van der Waals surface area contributed by atoms with Gasteiger partial charge in [0.2, 0.25) is 0 Å². The zero-order chi connectivity index (χ0) is 15.8. The molecule has 0 spiro atoms. The summed E-state index contributed by atoms with van der Waals surface area (Å²) in [5, 5.41) is 27.6. The number of carbonyl (C=O) groups is 2. The van der Waals surface area contributed by atoms with E-state index < -0.39 is 5.97 Å². The fraction of sp³-hybridized carbons (Fsp3) is 0.667. The molecule has 118 valence electrons. The van der Waals surface area contributed by atoms with Crippen LogP contribution in [-0.4, -0.2) is 61.3 Å². The first-order valence-corrected chi connectivity index (χ1v) is 6.70. The van der Waals surface area contributed by atoms with Crippen molar-refractivity contribution in [1.82, 2.24) is 25.2 Å². The van der Waals surface area contributed by atoms with Gasteiger partial charge < -0.3 is 20.4 Å². The van der Waals surface area contributed by atoms with Crippen molar-refractivity contribution in [1.29, 1.82) is 0 Å². The van der Waals surface area contributed by atoms with Crippen molar-refractivity contribution in [3.8, 4) is 0 Å². The molecule has 0 fully saturated rings. The van der Waals surface area contributed by atoms with Crippen molar-refractivity contribution in [2.45, 2.75) is 39.4 Å². The highest BCUT2D eigenvalue weighted by molar-refractivity contribution is 5.74. The number of carboxylic acids is 1. The Hall–Kier alpha value is -2.16. The summed E-state index contributed by atoms with van der Waals surface area (Å²) in [5.74, 6) is -1.01. The van der Waals surface area contributed by atoms with Gasteiger partial charge in [0, 0.05) is 19.2 Å². The van der Waals surface area contributed by atoms with Crippen LogP contribution in [0, 0.1) is 0 Å². The normalized spacial score (nSPS) is 10.7. The lowest BCUT2D eigenvalue weighted by Gasteiger charge is -2.26. The molecule has 0 atom stereocenters. The van der Waals surface area contributed by atoms with Crippen LogP contribution in [0.25, 0.3) is 0 Å². The second kappa shape index (κ2) is 8.20. The molecule has 0 bridgehead atoms. The minimum atomic E-state index is -1.01. The van der Waals surface area contributed by atoms with Crippen LogP contribution in [0.15, 0.2) is 6.20 Å². The maximum absolute atomic E-state index is 12.0. The number of nitrogens with zero attached hydrogens (tertiary/aromatic N) is 4. The fourth-order valence-corrected chi connectivity index (χ4v) is 1.74. The summed E-state index contributed by atoms with van der Waals surface area (Å²) < 4.78 is 1.19. The van der Waals surface area contributed by atoms with Crippen molar-refractivity contribution in [2.24, 2.45) is 0 Å². The van der Waals surface area contributed by atoms with Crippen molar-refractivity contribution in [2.75, 3.05) is 13.2 Å². The number of amides is 2. The number of hydrogen-bond acceptors (Lipinski definition) is 5. The number of rotatable bonds is 8. The molecule has 1 aromatic rings. The molecular weight excluding hydrogens is 278 g/mol. The molecule has 0 aromatic carbocycles. The van der Waals surface area contributed by atoms with E-state index in [1.165, 1.54) is 10.9 Å². The number of aliphatic carboxylic acids is 1. The van der Waals surface area contributed by atoms with Crippen LogP contribution in [0.2, 0.25) is 0 Å². The second-order valence-electron chi connectivity index (χ2n) is 4.82. The van der Waals surface area contributed by atoms with Gasteiger partial charge in [-0.25, -0.2) is 9.48 Å². The first-order chi connectivity index (χ1) is 9.93. The van der Waals surface area contributed by atoms with E-state index in [9.17, 15) is 9.59 Å². The van der Waals surface area contributed by atoms with E-state index in [0.29, 0.717) is 18.7 Å². The summed E-state index contributed by atoms with van der Waals surface area (Å²) >= 11 is 0. The molecule has 1 heterocycles. The molecule has 0 aliphatic heterocycles. The summed E-state index contributed by atoms with van der Waals surface area (Å²) in [6, 6.07) is -0.245. The first kappa shape index (κ1) is 16.9. The molecule has 2 amide bonds. The van der Waals surface area contributed by atoms with Crippen LogP contribution in [-0.2, 0) is 17.9 Å². The summed E-state index contributed by atoms with van der Waals surface area (Å²) in [4.78, 5) is 24.2. The Morgan fingerprint density at radius 2 is 2.19 bits per heavy atom. The number of aliphatic hydroxyl groups excluding tert-OH is 1. The number of urea groups is 1. The second-order valence-corrected chi connectivity index (χ2v) is 4.82. The van der Waals surface area contributed by atoms with Crippen molar-refractivity contribution < 1.29 is 19.8 Å². The smallest absolute Gasteiger partial charge is 0.325 e. The van der Waals surface area contributed by atoms with E-state index in [-0.39, 0.29) is 31.8 Å². The number of aliphatic hydroxyl groups is 1. The first-order valence-electron chi connectivity index (χ1n) is 6.70. The number of nitrogens with one attached hydrogen (secondary N) is 1. The van der Waals surface area contributed by atoms with E-state index in [1.54, 1.807) is 4.90 Å². The lowest BCUT2D eigenvalue weighted by atomic mass is 10.3. The minimum absolute atomic E-state index is 0.0132. The highest BCUT2D eigenvalue weighted by Crippen LogP contribution is 2.01. The predicted molar refractivity (Wildman–Crippen MR) is 73.4 cm³/mol. The molecule has 0 saturated carbocycles. The van der Waals surface area contributed by atoms with Crippen molar-refractivity contribution >= 4 is 12.0 Å². The minimum Gasteiger partial charge on any atom is -0.480 e. The van der Waals surface area contributed by atoms with E-state index in [4.69, 9.17) is 10.2 Å². The molecule has 21 heavy (non-hydrogen) atoms. The maximum atomic E-state index is 12.0. The highest BCUT2D eigenvalue weighted by Gasteiger charge is 2.16. The Labute approximate surface area is 122 Å². The van der Waals surface area contributed by atoms with Gasteiger partial charge in [0.15, 0.2) is 0 Å². The molecule has 0 aliphatic carbocycles. The van der Waals surface area contributed by atoms with Gasteiger partial charge in [-0.2, -0.15) is 0 Å². The third-order valence-corrected chi connectivity index (χ3v) is 2.75. The summed E-state index contributed by atoms with van der Waals surface area (Å²) in [7, 11) is 0. The molecule has 1 aromatic heterocycles. The zero-order valence-corrected chi connectivity index (χ0v) is 12.2. The van der Waals surface area contributed by atoms with Gasteiger partial charge in [-0.3, -0.25) is 4.79 Å². The summed E-state index contributed by atoms with van der Waals surface area (Å²) in [5.41, 5.74) is 0.482. The quantitative estimate of drug-likeness (QED) is 0.604. The third-order valence-electron chi connectivity index (χ3n) is 2.75. The van der Waals surface area contributed by atoms with Crippen LogP contribution in [0.3, 0.4) is 0 Å². The van der Waals surface area contributed by atoms with Crippen LogP contribution < -0.4 is 5.32 Å². The Kier molecular flexibility index (Phi) is 6.60. The van der Waals surface area contributed by atoms with Gasteiger partial charge >= 0.3 is 12.0 Å². The molecule has 0 aliphatic rings. The van der Waals surface area contributed by atoms with E-state index in [2.05, 4.69) is 15.6 Å². The molecular formula is C12H21N5O4. The van der Waals surface area contributed by atoms with E-state index in [1.807, 2.05) is 13.8 Å². The van der Waals surface area contributed by atoms with Gasteiger partial charge in [-0.05, 0) is 20.3 Å². The molecule has 0 radical (unpaired) electrons. The molecule has 0 unspecified atom stereocenters. The Morgan fingerprint density at radius 1 is 1.48 bits per heavy atom. The van der Waals surface area contributed by atoms with Crippen molar-refractivity contribution in [3.63, 3.8) is 0 Å². The summed E-state index contributed by atoms with van der Waals surface area (Å²) in [6.45, 7) is 4.17. The van der Waals surface area contributed by atoms with E-state index >= 15 is 0 Å². The third kappa shape index (κ3) is 5.78. The Morgan fingerprint density at radius 3 is 2.76 bits per heavy atom. The standard InChI is InChI=1S/C12H21N5O4/c1-9(2)17(4-3-5-18)12(21)13-6-10-7-16(15-14-10)8-11(19)20/h7,9,18H,3-6,8H2,1-2H3,(H,13,21)(H,19,20). The van der Waals surface area contributed by atoms with Gasteiger partial charge in [0.05, 0.1) is 12.7 Å². The van der Waals surface area contributed by atoms with Crippen LogP contribution in [0.4, 0.5) is 4.79 Å². The van der Waals surface area contributed by atoms with Gasteiger partial charge in [0.1, 0.15) is 12.2 Å². The SMILES string of the molecule is CC(C)N(CCCO)C(=O)NCc1cn(CC(=O)O)nn1. The Bertz CT molecular complexity index is 474. The zero-order valence-electron chi connectivity index (χ0n) is 12.2. The molecule has 3 N–H and O–H groups in total. The molecule has 9 nitrogen and oxygen atoms in total. The average Bonchev–Trinajstić information content (AvgIpc) is 2.83. The lowest BCUT2D eigenvalue weighted by Crippen LogP contribution is -2.44. The van der Waals surface area contributed by atoms with E-state index in [0.717, 1.165) is 0 Å². The van der Waals surface area contributed by atoms with Crippen LogP contribution in [0.5, 0.6) is 0 Å². The van der Waals surface area contributed by atoms with Crippen LogP contribution in [0.1, 0.15) is 26.0 Å². The molecule has 1 rings (SSSR count). The van der Waals surface area contributed by atoms with Gasteiger partial charge in [0.25, 0.3) is 0 Å². The summed E-state index contributed by atoms with van der Waals surface area (Å²) in [6.07, 6.45) is 1.99. The number of carbonyl (C=O) groups excluding carboxylic acids is 1. The van der Waals surface area contributed by atoms with Gasteiger partial charge in [-0.1, -0.05) is 5.21 Å². The molecule has 9 heteroatoms. The monoisotopic (exact) mass is 299 g/mol. The number of hydrogen-bond donors (Lipinski definition) is 3. The van der Waals surface area contributed by atoms with Gasteiger partial charge in [-0.15, -0.1) is 5.10 Å². The predicted octanol–water partition coefficient (Wildman–Crippen LogP) is -0.335.